The summed E-state index contributed by atoms with van der Waals surface area (Å²) in [5.41, 5.74) is 0.355. The number of nitrogens with one attached hydrogen (secondary N) is 1. The van der Waals surface area contributed by atoms with Crippen molar-refractivity contribution < 1.29 is 13.2 Å². The monoisotopic (exact) mass is 275 g/mol. The summed E-state index contributed by atoms with van der Waals surface area (Å²) in [7, 11) is -3.05. The Morgan fingerprint density at radius 3 is 2.50 bits per heavy atom. The number of hydrogen-bond acceptors (Lipinski definition) is 3. The van der Waals surface area contributed by atoms with E-state index in [-0.39, 0.29) is 24.1 Å². The molecule has 2 atom stereocenters. The van der Waals surface area contributed by atoms with Crippen LogP contribution in [0, 0.1) is 11.3 Å². The number of carbonyl (C=O) groups excluding carboxylic acids is 1. The lowest BCUT2D eigenvalue weighted by atomic mass is 9.70. The topological polar surface area (TPSA) is 63.2 Å². The molecule has 0 unspecified atom stereocenters. The van der Waals surface area contributed by atoms with E-state index in [9.17, 15) is 13.2 Å². The maximum atomic E-state index is 11.7. The van der Waals surface area contributed by atoms with Crippen molar-refractivity contribution in [3.05, 3.63) is 0 Å². The quantitative estimate of drug-likeness (QED) is 0.850. The van der Waals surface area contributed by atoms with Crippen LogP contribution in [-0.4, -0.2) is 32.4 Å². The average molecular weight is 275 g/mol. The highest BCUT2D eigenvalue weighted by Crippen LogP contribution is 2.38. The molecule has 18 heavy (non-hydrogen) atoms. The first-order chi connectivity index (χ1) is 8.09. The molecule has 0 aromatic rings. The van der Waals surface area contributed by atoms with Crippen LogP contribution >= 0.6 is 0 Å². The predicted molar refractivity (Wildman–Crippen MR) is 73.1 cm³/mol. The number of sulfone groups is 1. The Morgan fingerprint density at radius 2 is 2.00 bits per heavy atom. The second kappa shape index (κ2) is 5.59. The summed E-state index contributed by atoms with van der Waals surface area (Å²) in [6, 6.07) is 0.199. The Bertz CT molecular complexity index is 400. The van der Waals surface area contributed by atoms with E-state index in [0.717, 1.165) is 25.5 Å². The van der Waals surface area contributed by atoms with E-state index in [1.807, 2.05) is 0 Å². The number of rotatable bonds is 4. The molecule has 106 valence electrons. The molecule has 0 aliphatic heterocycles. The Labute approximate surface area is 110 Å². The van der Waals surface area contributed by atoms with Gasteiger partial charge in [0.15, 0.2) is 0 Å². The molecule has 1 aliphatic carbocycles. The van der Waals surface area contributed by atoms with Crippen molar-refractivity contribution in [3.8, 4) is 0 Å². The highest BCUT2D eigenvalue weighted by atomic mass is 32.2. The third kappa shape index (κ3) is 5.38. The smallest absolute Gasteiger partial charge is 0.221 e. The molecule has 4 nitrogen and oxygen atoms in total. The minimum atomic E-state index is -3.05. The van der Waals surface area contributed by atoms with E-state index in [1.54, 1.807) is 0 Å². The highest BCUT2D eigenvalue weighted by molar-refractivity contribution is 7.90. The van der Waals surface area contributed by atoms with Crippen LogP contribution in [0.1, 0.15) is 46.5 Å². The van der Waals surface area contributed by atoms with Crippen molar-refractivity contribution in [3.63, 3.8) is 0 Å². The van der Waals surface area contributed by atoms with Crippen molar-refractivity contribution in [2.45, 2.75) is 52.5 Å². The molecule has 0 heterocycles. The number of hydrogen-bond donors (Lipinski definition) is 1. The van der Waals surface area contributed by atoms with E-state index < -0.39 is 9.84 Å². The lowest BCUT2D eigenvalue weighted by Gasteiger charge is -2.39. The summed E-state index contributed by atoms with van der Waals surface area (Å²) >= 11 is 0. The summed E-state index contributed by atoms with van der Waals surface area (Å²) in [4.78, 5) is 11.7. The van der Waals surface area contributed by atoms with Crippen LogP contribution < -0.4 is 5.32 Å². The van der Waals surface area contributed by atoms with E-state index in [2.05, 4.69) is 26.1 Å². The molecular weight excluding hydrogens is 250 g/mol. The number of amides is 1. The lowest BCUT2D eigenvalue weighted by molar-refractivity contribution is -0.122. The fraction of sp³-hybridized carbons (Fsp3) is 0.923. The van der Waals surface area contributed by atoms with Gasteiger partial charge in [-0.1, -0.05) is 20.8 Å². The predicted octanol–water partition coefficient (Wildman–Crippen LogP) is 1.75. The second-order valence-electron chi connectivity index (χ2n) is 6.44. The molecule has 1 fully saturated rings. The van der Waals surface area contributed by atoms with Gasteiger partial charge in [-0.05, 0) is 30.6 Å². The van der Waals surface area contributed by atoms with Crippen LogP contribution in [0.15, 0.2) is 0 Å². The van der Waals surface area contributed by atoms with Crippen molar-refractivity contribution in [1.82, 2.24) is 5.32 Å². The van der Waals surface area contributed by atoms with Crippen molar-refractivity contribution in [2.75, 3.05) is 12.0 Å². The average Bonchev–Trinajstić information content (AvgIpc) is 2.18. The van der Waals surface area contributed by atoms with Gasteiger partial charge in [-0.2, -0.15) is 0 Å². The third-order valence-electron chi connectivity index (χ3n) is 3.74. The first-order valence-corrected chi connectivity index (χ1v) is 8.62. The third-order valence-corrected chi connectivity index (χ3v) is 4.69. The molecule has 1 aliphatic rings. The zero-order valence-electron chi connectivity index (χ0n) is 11.8. The summed E-state index contributed by atoms with van der Waals surface area (Å²) in [5, 5.41) is 2.98. The molecule has 1 rings (SSSR count). The standard InChI is InChI=1S/C13H25NO3S/c1-10-9-13(2,3)7-5-11(10)14-12(15)6-8-18(4,16)17/h10-11H,5-9H2,1-4H3,(H,14,15)/t10-,11+/m0/s1. The van der Waals surface area contributed by atoms with Gasteiger partial charge in [0.25, 0.3) is 0 Å². The van der Waals surface area contributed by atoms with Gasteiger partial charge >= 0.3 is 0 Å². The Balaban J connectivity index is 2.41. The van der Waals surface area contributed by atoms with Crippen LogP contribution in [0.25, 0.3) is 0 Å². The molecule has 0 saturated heterocycles. The Hall–Kier alpha value is -0.580. The Kier molecular flexibility index (Phi) is 4.81. The second-order valence-corrected chi connectivity index (χ2v) is 8.70. The van der Waals surface area contributed by atoms with Crippen molar-refractivity contribution in [1.29, 1.82) is 0 Å². The van der Waals surface area contributed by atoms with Gasteiger partial charge in [0.2, 0.25) is 5.91 Å². The molecule has 5 heteroatoms. The summed E-state index contributed by atoms with van der Waals surface area (Å²) in [6.45, 7) is 6.67. The van der Waals surface area contributed by atoms with Crippen LogP contribution in [0.5, 0.6) is 0 Å². The first kappa shape index (κ1) is 15.5. The maximum Gasteiger partial charge on any atom is 0.221 e. The molecule has 1 amide bonds. The van der Waals surface area contributed by atoms with Crippen molar-refractivity contribution in [2.24, 2.45) is 11.3 Å². The lowest BCUT2D eigenvalue weighted by Crippen LogP contribution is -2.44. The maximum absolute atomic E-state index is 11.7. The first-order valence-electron chi connectivity index (χ1n) is 6.56. The van der Waals surface area contributed by atoms with Crippen LogP contribution in [-0.2, 0) is 14.6 Å². The van der Waals surface area contributed by atoms with E-state index in [1.165, 1.54) is 0 Å². The number of carbonyl (C=O) groups is 1. The fourth-order valence-electron chi connectivity index (χ4n) is 2.72. The molecule has 0 bridgehead atoms. The van der Waals surface area contributed by atoms with Crippen LogP contribution in [0.3, 0.4) is 0 Å². The fourth-order valence-corrected chi connectivity index (χ4v) is 3.27. The highest BCUT2D eigenvalue weighted by Gasteiger charge is 2.32. The van der Waals surface area contributed by atoms with Gasteiger partial charge in [0.1, 0.15) is 9.84 Å². The van der Waals surface area contributed by atoms with Gasteiger partial charge in [-0.25, -0.2) is 8.42 Å². The van der Waals surface area contributed by atoms with Gasteiger partial charge in [-0.15, -0.1) is 0 Å². The minimum Gasteiger partial charge on any atom is -0.353 e. The van der Waals surface area contributed by atoms with Gasteiger partial charge in [-0.3, -0.25) is 4.79 Å². The normalized spacial score (nSPS) is 27.8. The summed E-state index contributed by atoms with van der Waals surface area (Å²) in [5.74, 6) is 0.249. The van der Waals surface area contributed by atoms with Gasteiger partial charge in [0, 0.05) is 18.7 Å². The Morgan fingerprint density at radius 1 is 1.39 bits per heavy atom. The van der Waals surface area contributed by atoms with E-state index >= 15 is 0 Å². The zero-order valence-corrected chi connectivity index (χ0v) is 12.6. The molecule has 0 radical (unpaired) electrons. The molecule has 0 aromatic carbocycles. The molecule has 0 spiro atoms. The summed E-state index contributed by atoms with van der Waals surface area (Å²) in [6.07, 6.45) is 4.43. The molecule has 1 N–H and O–H groups in total. The molecule has 1 saturated carbocycles. The molecular formula is C13H25NO3S. The van der Waals surface area contributed by atoms with E-state index in [0.29, 0.717) is 11.3 Å². The van der Waals surface area contributed by atoms with Gasteiger partial charge in [0.05, 0.1) is 5.75 Å². The summed E-state index contributed by atoms with van der Waals surface area (Å²) < 4.78 is 22.0. The zero-order chi connectivity index (χ0) is 14.0. The van der Waals surface area contributed by atoms with Crippen molar-refractivity contribution >= 4 is 15.7 Å². The van der Waals surface area contributed by atoms with Crippen LogP contribution in [0.2, 0.25) is 0 Å². The van der Waals surface area contributed by atoms with Gasteiger partial charge < -0.3 is 5.32 Å². The largest absolute Gasteiger partial charge is 0.353 e. The minimum absolute atomic E-state index is 0.0641. The van der Waals surface area contributed by atoms with E-state index in [4.69, 9.17) is 0 Å². The van der Waals surface area contributed by atoms with Crippen LogP contribution in [0.4, 0.5) is 0 Å². The SMILES string of the molecule is C[C@H]1CC(C)(C)CC[C@H]1NC(=O)CCS(C)(=O)=O. The molecule has 0 aromatic heterocycles.